The second-order valence-electron chi connectivity index (χ2n) is 3.29. The van der Waals surface area contributed by atoms with Crippen LogP contribution in [0, 0.1) is 23.2 Å². The molecule has 0 aromatic heterocycles. The van der Waals surface area contributed by atoms with Gasteiger partial charge < -0.3 is 10.5 Å². The molecule has 0 heterocycles. The van der Waals surface area contributed by atoms with E-state index in [1.54, 1.807) is 18.2 Å². The predicted molar refractivity (Wildman–Crippen MR) is 63.7 cm³/mol. The maximum absolute atomic E-state index is 10.8. The van der Waals surface area contributed by atoms with Crippen LogP contribution in [0.25, 0.3) is 0 Å². The van der Waals surface area contributed by atoms with Gasteiger partial charge >= 0.3 is 5.97 Å². The highest BCUT2D eigenvalue weighted by molar-refractivity contribution is 5.69. The molecule has 0 aliphatic heterocycles. The Hall–Kier alpha value is -2.46. The van der Waals surface area contributed by atoms with Gasteiger partial charge in [0.05, 0.1) is 25.2 Å². The number of anilines is 1. The maximum Gasteiger partial charge on any atom is 0.306 e. The van der Waals surface area contributed by atoms with Crippen LogP contribution in [0.1, 0.15) is 24.0 Å². The van der Waals surface area contributed by atoms with E-state index in [2.05, 4.69) is 16.6 Å². The number of nitrogen functional groups attached to an aromatic ring is 1. The summed E-state index contributed by atoms with van der Waals surface area (Å²) in [6.07, 6.45) is 0.657. The molecule has 1 aromatic carbocycles. The molecule has 0 aliphatic rings. The minimum atomic E-state index is -0.293. The average Bonchev–Trinajstić information content (AvgIpc) is 2.36. The summed E-state index contributed by atoms with van der Waals surface area (Å²) in [5.74, 6) is 5.36. The van der Waals surface area contributed by atoms with E-state index in [0.29, 0.717) is 23.2 Å². The first-order valence-corrected chi connectivity index (χ1v) is 5.02. The van der Waals surface area contributed by atoms with E-state index < -0.39 is 0 Å². The number of hydrogen-bond donors (Lipinski definition) is 1. The van der Waals surface area contributed by atoms with Crippen LogP contribution in [0.5, 0.6) is 0 Å². The Morgan fingerprint density at radius 2 is 2.29 bits per heavy atom. The Morgan fingerprint density at radius 1 is 1.53 bits per heavy atom. The van der Waals surface area contributed by atoms with Gasteiger partial charge in [0, 0.05) is 17.7 Å². The molecular formula is C13H12N2O2. The lowest BCUT2D eigenvalue weighted by atomic mass is 10.1. The Bertz CT molecular complexity index is 518. The van der Waals surface area contributed by atoms with E-state index in [9.17, 15) is 4.79 Å². The molecule has 0 amide bonds. The molecule has 17 heavy (non-hydrogen) atoms. The van der Waals surface area contributed by atoms with Crippen molar-refractivity contribution < 1.29 is 9.53 Å². The van der Waals surface area contributed by atoms with E-state index in [-0.39, 0.29) is 12.4 Å². The molecule has 0 atom stereocenters. The van der Waals surface area contributed by atoms with Crippen molar-refractivity contribution in [2.45, 2.75) is 12.8 Å². The van der Waals surface area contributed by atoms with Crippen LogP contribution >= 0.6 is 0 Å². The molecule has 0 fully saturated rings. The quantitative estimate of drug-likeness (QED) is 0.472. The molecular weight excluding hydrogens is 216 g/mol. The van der Waals surface area contributed by atoms with Crippen molar-refractivity contribution in [1.29, 1.82) is 5.26 Å². The second kappa shape index (κ2) is 6.19. The first kappa shape index (κ1) is 12.6. The van der Waals surface area contributed by atoms with Gasteiger partial charge in [-0.25, -0.2) is 0 Å². The number of ether oxygens (including phenoxy) is 1. The predicted octanol–water partition coefficient (Wildman–Crippen LogP) is 1.45. The van der Waals surface area contributed by atoms with Crippen LogP contribution < -0.4 is 5.73 Å². The van der Waals surface area contributed by atoms with Crippen molar-refractivity contribution in [1.82, 2.24) is 0 Å². The Morgan fingerprint density at radius 3 is 2.94 bits per heavy atom. The van der Waals surface area contributed by atoms with Crippen LogP contribution in [0.15, 0.2) is 18.2 Å². The van der Waals surface area contributed by atoms with Crippen LogP contribution in [0.3, 0.4) is 0 Å². The van der Waals surface area contributed by atoms with Gasteiger partial charge in [0.1, 0.15) is 0 Å². The van der Waals surface area contributed by atoms with Gasteiger partial charge in [-0.1, -0.05) is 11.8 Å². The third kappa shape index (κ3) is 3.89. The monoisotopic (exact) mass is 228 g/mol. The number of methoxy groups -OCH3 is 1. The van der Waals surface area contributed by atoms with E-state index in [4.69, 9.17) is 11.0 Å². The van der Waals surface area contributed by atoms with Gasteiger partial charge in [-0.15, -0.1) is 0 Å². The molecule has 0 saturated heterocycles. The molecule has 2 N–H and O–H groups in total. The van der Waals surface area contributed by atoms with Crippen molar-refractivity contribution in [2.75, 3.05) is 12.8 Å². The van der Waals surface area contributed by atoms with Gasteiger partial charge in [-0.3, -0.25) is 4.79 Å². The minimum Gasteiger partial charge on any atom is -0.469 e. The lowest BCUT2D eigenvalue weighted by molar-refractivity contribution is -0.140. The summed E-state index contributed by atoms with van der Waals surface area (Å²) in [5, 5.41) is 8.73. The van der Waals surface area contributed by atoms with Gasteiger partial charge in [-0.2, -0.15) is 5.26 Å². The molecule has 0 radical (unpaired) electrons. The van der Waals surface area contributed by atoms with Crippen molar-refractivity contribution in [3.8, 4) is 17.9 Å². The number of carbonyl (C=O) groups excluding carboxylic acids is 1. The number of hydrogen-bond acceptors (Lipinski definition) is 4. The summed E-state index contributed by atoms with van der Waals surface area (Å²) in [7, 11) is 1.34. The van der Waals surface area contributed by atoms with Gasteiger partial charge in [0.15, 0.2) is 0 Å². The highest BCUT2D eigenvalue weighted by atomic mass is 16.5. The van der Waals surface area contributed by atoms with Crippen LogP contribution in [0.4, 0.5) is 5.69 Å². The maximum atomic E-state index is 10.8. The fourth-order valence-electron chi connectivity index (χ4n) is 1.16. The largest absolute Gasteiger partial charge is 0.469 e. The zero-order chi connectivity index (χ0) is 12.7. The summed E-state index contributed by atoms with van der Waals surface area (Å²) in [4.78, 5) is 10.8. The smallest absolute Gasteiger partial charge is 0.306 e. The summed E-state index contributed by atoms with van der Waals surface area (Å²) in [6, 6.07) is 6.92. The zero-order valence-electron chi connectivity index (χ0n) is 9.49. The molecule has 4 heteroatoms. The lowest BCUT2D eigenvalue weighted by Crippen LogP contribution is -1.98. The minimum absolute atomic E-state index is 0.251. The number of esters is 1. The molecule has 4 nitrogen and oxygen atoms in total. The summed E-state index contributed by atoms with van der Waals surface area (Å²) < 4.78 is 4.49. The third-order valence-corrected chi connectivity index (χ3v) is 2.09. The van der Waals surface area contributed by atoms with Crippen LogP contribution in [-0.2, 0) is 9.53 Å². The lowest BCUT2D eigenvalue weighted by Gasteiger charge is -1.97. The fourth-order valence-corrected chi connectivity index (χ4v) is 1.16. The van der Waals surface area contributed by atoms with E-state index in [1.807, 2.05) is 6.07 Å². The summed E-state index contributed by atoms with van der Waals surface area (Å²) in [5.41, 5.74) is 7.35. The topological polar surface area (TPSA) is 76.1 Å². The normalized spacial score (nSPS) is 8.71. The van der Waals surface area contributed by atoms with Crippen molar-refractivity contribution in [3.05, 3.63) is 29.3 Å². The standard InChI is InChI=1S/C13H12N2O2/c1-17-13(16)5-3-2-4-11-8-10(9-14)6-7-12(11)15/h6-8H,3,5,15H2,1H3. The van der Waals surface area contributed by atoms with E-state index >= 15 is 0 Å². The molecule has 1 aromatic rings. The Labute approximate surface area is 100.0 Å². The molecule has 1 rings (SSSR count). The molecule has 0 bridgehead atoms. The number of rotatable bonds is 2. The van der Waals surface area contributed by atoms with E-state index in [0.717, 1.165) is 0 Å². The first-order valence-electron chi connectivity index (χ1n) is 5.02. The number of carbonyl (C=O) groups is 1. The number of nitriles is 1. The SMILES string of the molecule is COC(=O)CCC#Cc1cc(C#N)ccc1N. The first-order chi connectivity index (χ1) is 8.17. The Kier molecular flexibility index (Phi) is 4.59. The van der Waals surface area contributed by atoms with Gasteiger partial charge in [0.2, 0.25) is 0 Å². The molecule has 0 unspecified atom stereocenters. The highest BCUT2D eigenvalue weighted by Crippen LogP contribution is 2.12. The zero-order valence-corrected chi connectivity index (χ0v) is 9.49. The van der Waals surface area contributed by atoms with Gasteiger partial charge in [0.25, 0.3) is 0 Å². The number of nitrogens with zero attached hydrogens (tertiary/aromatic N) is 1. The molecule has 0 aliphatic carbocycles. The fraction of sp³-hybridized carbons (Fsp3) is 0.231. The highest BCUT2D eigenvalue weighted by Gasteiger charge is 1.98. The van der Waals surface area contributed by atoms with Crippen molar-refractivity contribution in [3.63, 3.8) is 0 Å². The van der Waals surface area contributed by atoms with Crippen LogP contribution in [-0.4, -0.2) is 13.1 Å². The van der Waals surface area contributed by atoms with Crippen LogP contribution in [0.2, 0.25) is 0 Å². The third-order valence-electron chi connectivity index (χ3n) is 2.09. The van der Waals surface area contributed by atoms with Gasteiger partial charge in [-0.05, 0) is 18.2 Å². The molecule has 86 valence electrons. The summed E-state index contributed by atoms with van der Waals surface area (Å²) in [6.45, 7) is 0. The summed E-state index contributed by atoms with van der Waals surface area (Å²) >= 11 is 0. The average molecular weight is 228 g/mol. The Balaban J connectivity index is 2.72. The van der Waals surface area contributed by atoms with E-state index in [1.165, 1.54) is 7.11 Å². The molecule has 0 spiro atoms. The second-order valence-corrected chi connectivity index (χ2v) is 3.29. The van der Waals surface area contributed by atoms with Crippen molar-refractivity contribution in [2.24, 2.45) is 0 Å². The number of benzene rings is 1. The van der Waals surface area contributed by atoms with Crippen molar-refractivity contribution >= 4 is 11.7 Å². The molecule has 0 saturated carbocycles. The number of nitrogens with two attached hydrogens (primary N) is 1.